The van der Waals surface area contributed by atoms with Crippen molar-refractivity contribution in [3.05, 3.63) is 11.1 Å². The number of ether oxygens (including phenoxy) is 1. The van der Waals surface area contributed by atoms with E-state index < -0.39 is 0 Å². The van der Waals surface area contributed by atoms with E-state index in [0.29, 0.717) is 5.13 Å². The minimum absolute atomic E-state index is 0.212. The predicted octanol–water partition coefficient (Wildman–Crippen LogP) is 1.58. The monoisotopic (exact) mass is 170 g/mol. The molecule has 1 fully saturated rings. The van der Waals surface area contributed by atoms with E-state index in [1.807, 2.05) is 5.38 Å². The summed E-state index contributed by atoms with van der Waals surface area (Å²) in [6.45, 7) is 0.863. The topological polar surface area (TPSA) is 48.1 Å². The Hall–Kier alpha value is -0.610. The second-order valence-electron chi connectivity index (χ2n) is 2.61. The minimum atomic E-state index is 0.212. The maximum absolute atomic E-state index is 5.50. The fourth-order valence-corrected chi connectivity index (χ4v) is 1.86. The van der Waals surface area contributed by atoms with Crippen LogP contribution in [0.4, 0.5) is 5.13 Å². The Labute approximate surface area is 69.2 Å². The highest BCUT2D eigenvalue weighted by Crippen LogP contribution is 2.29. The summed E-state index contributed by atoms with van der Waals surface area (Å²) in [5.74, 6) is 0. The van der Waals surface area contributed by atoms with E-state index in [1.165, 1.54) is 11.3 Å². The Morgan fingerprint density at radius 3 is 3.18 bits per heavy atom. The maximum atomic E-state index is 5.50. The zero-order chi connectivity index (χ0) is 7.68. The van der Waals surface area contributed by atoms with Gasteiger partial charge in [0.2, 0.25) is 0 Å². The molecule has 0 radical (unpaired) electrons. The van der Waals surface area contributed by atoms with Gasteiger partial charge in [0.1, 0.15) is 6.10 Å². The summed E-state index contributed by atoms with van der Waals surface area (Å²) in [5, 5.41) is 2.61. The van der Waals surface area contributed by atoms with Gasteiger partial charge in [0.25, 0.3) is 0 Å². The van der Waals surface area contributed by atoms with E-state index in [-0.39, 0.29) is 6.10 Å². The molecule has 60 valence electrons. The molecule has 1 aromatic rings. The van der Waals surface area contributed by atoms with E-state index in [9.17, 15) is 0 Å². The molecule has 0 saturated carbocycles. The second-order valence-corrected chi connectivity index (χ2v) is 3.50. The molecule has 1 aromatic heterocycles. The van der Waals surface area contributed by atoms with Gasteiger partial charge in [-0.3, -0.25) is 0 Å². The number of anilines is 1. The molecule has 0 spiro atoms. The average Bonchev–Trinajstić information content (AvgIpc) is 2.55. The zero-order valence-corrected chi connectivity index (χ0v) is 6.93. The predicted molar refractivity (Wildman–Crippen MR) is 44.5 cm³/mol. The van der Waals surface area contributed by atoms with Crippen LogP contribution in [0.15, 0.2) is 5.38 Å². The molecular formula is C7H10N2OS. The van der Waals surface area contributed by atoms with Crippen molar-refractivity contribution >= 4 is 16.5 Å². The molecule has 11 heavy (non-hydrogen) atoms. The van der Waals surface area contributed by atoms with Gasteiger partial charge in [0, 0.05) is 12.0 Å². The first-order chi connectivity index (χ1) is 5.36. The van der Waals surface area contributed by atoms with Crippen molar-refractivity contribution in [2.75, 3.05) is 12.3 Å². The van der Waals surface area contributed by atoms with Crippen molar-refractivity contribution < 1.29 is 4.74 Å². The van der Waals surface area contributed by atoms with Gasteiger partial charge < -0.3 is 10.5 Å². The molecule has 1 saturated heterocycles. The second kappa shape index (κ2) is 2.79. The number of nitrogens with zero attached hydrogens (tertiary/aromatic N) is 1. The van der Waals surface area contributed by atoms with Crippen LogP contribution in [0, 0.1) is 0 Å². The minimum Gasteiger partial charge on any atom is -0.375 e. The van der Waals surface area contributed by atoms with Crippen molar-refractivity contribution in [2.24, 2.45) is 0 Å². The van der Waals surface area contributed by atoms with Gasteiger partial charge in [-0.1, -0.05) is 0 Å². The molecule has 1 atom stereocenters. The van der Waals surface area contributed by atoms with Gasteiger partial charge in [-0.05, 0) is 12.8 Å². The Bertz CT molecular complexity index is 242. The van der Waals surface area contributed by atoms with Crippen LogP contribution in [-0.4, -0.2) is 11.6 Å². The number of hydrogen-bond donors (Lipinski definition) is 1. The molecular weight excluding hydrogens is 160 g/mol. The smallest absolute Gasteiger partial charge is 0.180 e. The van der Waals surface area contributed by atoms with Crippen molar-refractivity contribution in [1.29, 1.82) is 0 Å². The molecule has 0 amide bonds. The van der Waals surface area contributed by atoms with E-state index in [2.05, 4.69) is 4.98 Å². The van der Waals surface area contributed by atoms with Crippen LogP contribution in [0.1, 0.15) is 24.6 Å². The molecule has 0 bridgehead atoms. The third kappa shape index (κ3) is 1.36. The van der Waals surface area contributed by atoms with Crippen LogP contribution < -0.4 is 5.73 Å². The normalized spacial score (nSPS) is 24.2. The molecule has 1 unspecified atom stereocenters. The van der Waals surface area contributed by atoms with Crippen LogP contribution in [0.2, 0.25) is 0 Å². The van der Waals surface area contributed by atoms with Crippen molar-refractivity contribution in [2.45, 2.75) is 18.9 Å². The van der Waals surface area contributed by atoms with Crippen LogP contribution >= 0.6 is 11.3 Å². The summed E-state index contributed by atoms with van der Waals surface area (Å²) in [5.41, 5.74) is 6.50. The summed E-state index contributed by atoms with van der Waals surface area (Å²) >= 11 is 1.48. The molecule has 3 nitrogen and oxygen atoms in total. The first kappa shape index (κ1) is 7.06. The number of nitrogen functional groups attached to an aromatic ring is 1. The summed E-state index contributed by atoms with van der Waals surface area (Å²) in [6, 6.07) is 0. The van der Waals surface area contributed by atoms with Gasteiger partial charge in [0.05, 0.1) is 5.69 Å². The van der Waals surface area contributed by atoms with Gasteiger partial charge in [0.15, 0.2) is 5.13 Å². The summed E-state index contributed by atoms with van der Waals surface area (Å²) in [7, 11) is 0. The van der Waals surface area contributed by atoms with E-state index >= 15 is 0 Å². The first-order valence-electron chi connectivity index (χ1n) is 3.69. The van der Waals surface area contributed by atoms with Crippen molar-refractivity contribution in [1.82, 2.24) is 4.98 Å². The van der Waals surface area contributed by atoms with Crippen LogP contribution in [0.3, 0.4) is 0 Å². The maximum Gasteiger partial charge on any atom is 0.180 e. The fraction of sp³-hybridized carbons (Fsp3) is 0.571. The lowest BCUT2D eigenvalue weighted by Gasteiger charge is -2.03. The quantitative estimate of drug-likeness (QED) is 0.696. The van der Waals surface area contributed by atoms with E-state index in [0.717, 1.165) is 25.1 Å². The Morgan fingerprint density at radius 2 is 2.64 bits per heavy atom. The number of thiazole rings is 1. The van der Waals surface area contributed by atoms with Gasteiger partial charge in [-0.25, -0.2) is 4.98 Å². The summed E-state index contributed by atoms with van der Waals surface area (Å²) in [6.07, 6.45) is 2.44. The molecule has 1 aliphatic rings. The Morgan fingerprint density at radius 1 is 1.73 bits per heavy atom. The zero-order valence-electron chi connectivity index (χ0n) is 6.12. The number of nitrogens with two attached hydrogens (primary N) is 1. The Balaban J connectivity index is 2.15. The average molecular weight is 170 g/mol. The molecule has 2 N–H and O–H groups in total. The lowest BCUT2D eigenvalue weighted by atomic mass is 10.2. The largest absolute Gasteiger partial charge is 0.375 e. The lowest BCUT2D eigenvalue weighted by Crippen LogP contribution is -1.96. The molecule has 1 aliphatic heterocycles. The fourth-order valence-electron chi connectivity index (χ4n) is 1.26. The highest BCUT2D eigenvalue weighted by molar-refractivity contribution is 7.13. The lowest BCUT2D eigenvalue weighted by molar-refractivity contribution is 0.109. The molecule has 0 aliphatic carbocycles. The standard InChI is InChI=1S/C7H10N2OS/c8-7-9-5(4-11-7)6-2-1-3-10-6/h4,6H,1-3H2,(H2,8,9). The molecule has 2 rings (SSSR count). The number of aromatic nitrogens is 1. The van der Waals surface area contributed by atoms with Crippen molar-refractivity contribution in [3.63, 3.8) is 0 Å². The number of rotatable bonds is 1. The van der Waals surface area contributed by atoms with Gasteiger partial charge >= 0.3 is 0 Å². The van der Waals surface area contributed by atoms with E-state index in [1.54, 1.807) is 0 Å². The highest BCUT2D eigenvalue weighted by Gasteiger charge is 2.19. The molecule has 0 aromatic carbocycles. The number of hydrogen-bond acceptors (Lipinski definition) is 4. The van der Waals surface area contributed by atoms with E-state index in [4.69, 9.17) is 10.5 Å². The third-order valence-corrected chi connectivity index (χ3v) is 2.49. The highest BCUT2D eigenvalue weighted by atomic mass is 32.1. The van der Waals surface area contributed by atoms with Gasteiger partial charge in [-0.15, -0.1) is 11.3 Å². The van der Waals surface area contributed by atoms with Crippen LogP contribution in [0.5, 0.6) is 0 Å². The first-order valence-corrected chi connectivity index (χ1v) is 4.57. The molecule has 4 heteroatoms. The van der Waals surface area contributed by atoms with Crippen molar-refractivity contribution in [3.8, 4) is 0 Å². The summed E-state index contributed by atoms with van der Waals surface area (Å²) in [4.78, 5) is 4.16. The van der Waals surface area contributed by atoms with Crippen LogP contribution in [-0.2, 0) is 4.74 Å². The summed E-state index contributed by atoms with van der Waals surface area (Å²) < 4.78 is 5.44. The Kier molecular flexibility index (Phi) is 1.79. The third-order valence-electron chi connectivity index (χ3n) is 1.80. The van der Waals surface area contributed by atoms with Gasteiger partial charge in [-0.2, -0.15) is 0 Å². The van der Waals surface area contributed by atoms with Crippen LogP contribution in [0.25, 0.3) is 0 Å². The SMILES string of the molecule is Nc1nc(C2CCCO2)cs1. The molecule has 2 heterocycles.